The SMILES string of the molecule is CCCCC/C=C\C/C=C\CCCCCCCC(=O)OC(C[Se]C)C(=O)O. The van der Waals surface area contributed by atoms with Crippen LogP contribution in [0.2, 0.25) is 11.1 Å². The van der Waals surface area contributed by atoms with Gasteiger partial charge in [-0.15, -0.1) is 0 Å². The second-order valence-corrected chi connectivity index (χ2v) is 8.66. The Morgan fingerprint density at radius 2 is 1.52 bits per heavy atom. The molecule has 0 aliphatic heterocycles. The number of carbonyl (C=O) groups is 2. The summed E-state index contributed by atoms with van der Waals surface area (Å²) in [5.41, 5.74) is 0. The van der Waals surface area contributed by atoms with E-state index in [1.807, 2.05) is 5.82 Å². The van der Waals surface area contributed by atoms with Gasteiger partial charge in [0.1, 0.15) is 0 Å². The van der Waals surface area contributed by atoms with Crippen molar-refractivity contribution in [1.29, 1.82) is 0 Å². The number of hydrogen-bond acceptors (Lipinski definition) is 3. The predicted molar refractivity (Wildman–Crippen MR) is 113 cm³/mol. The summed E-state index contributed by atoms with van der Waals surface area (Å²) in [6.45, 7) is 2.23. The number of allylic oxidation sites excluding steroid dienone is 4. The van der Waals surface area contributed by atoms with Crippen LogP contribution in [0.15, 0.2) is 24.3 Å². The molecule has 156 valence electrons. The van der Waals surface area contributed by atoms with Crippen molar-refractivity contribution in [2.75, 3.05) is 0 Å². The van der Waals surface area contributed by atoms with Crippen LogP contribution < -0.4 is 0 Å². The van der Waals surface area contributed by atoms with E-state index < -0.39 is 12.1 Å². The number of unbranched alkanes of at least 4 members (excludes halogenated alkanes) is 8. The van der Waals surface area contributed by atoms with Crippen molar-refractivity contribution in [3.63, 3.8) is 0 Å². The first-order valence-corrected chi connectivity index (χ1v) is 13.3. The summed E-state index contributed by atoms with van der Waals surface area (Å²) in [5, 5.41) is 9.42. The molecular weight excluding hydrogens is 407 g/mol. The molecule has 1 atom stereocenters. The second-order valence-electron chi connectivity index (χ2n) is 6.75. The van der Waals surface area contributed by atoms with Crippen LogP contribution in [0.5, 0.6) is 0 Å². The van der Waals surface area contributed by atoms with Gasteiger partial charge in [-0.05, 0) is 19.3 Å². The van der Waals surface area contributed by atoms with E-state index in [2.05, 4.69) is 31.2 Å². The molecule has 27 heavy (non-hydrogen) atoms. The Balaban J connectivity index is 3.49. The molecule has 5 heteroatoms. The summed E-state index contributed by atoms with van der Waals surface area (Å²) in [6.07, 6.45) is 20.9. The van der Waals surface area contributed by atoms with Crippen LogP contribution in [0.25, 0.3) is 0 Å². The summed E-state index contributed by atoms with van der Waals surface area (Å²) in [7, 11) is 0. The molecule has 0 aliphatic carbocycles. The topological polar surface area (TPSA) is 63.6 Å². The van der Waals surface area contributed by atoms with Crippen LogP contribution >= 0.6 is 0 Å². The van der Waals surface area contributed by atoms with Crippen LogP contribution in [0, 0.1) is 0 Å². The Hall–Kier alpha value is -1.06. The molecule has 0 aromatic carbocycles. The molecule has 0 bridgehead atoms. The van der Waals surface area contributed by atoms with E-state index in [4.69, 9.17) is 9.84 Å². The zero-order valence-corrected chi connectivity index (χ0v) is 18.9. The van der Waals surface area contributed by atoms with Crippen molar-refractivity contribution >= 4 is 26.9 Å². The van der Waals surface area contributed by atoms with Crippen molar-refractivity contribution in [3.8, 4) is 0 Å². The van der Waals surface area contributed by atoms with Gasteiger partial charge in [-0.3, -0.25) is 0 Å². The molecule has 0 spiro atoms. The fourth-order valence-electron chi connectivity index (χ4n) is 2.61. The minimum absolute atomic E-state index is 0.183. The first-order chi connectivity index (χ1) is 13.1. The maximum absolute atomic E-state index is 11.7. The van der Waals surface area contributed by atoms with Gasteiger partial charge < -0.3 is 0 Å². The summed E-state index contributed by atoms with van der Waals surface area (Å²) >= 11 is 0.183. The van der Waals surface area contributed by atoms with Gasteiger partial charge in [0, 0.05) is 0 Å². The number of ether oxygens (including phenoxy) is 1. The van der Waals surface area contributed by atoms with Crippen LogP contribution in [0.1, 0.15) is 84.0 Å². The fraction of sp³-hybridized carbons (Fsp3) is 0.727. The van der Waals surface area contributed by atoms with E-state index in [1.165, 1.54) is 38.5 Å². The molecular formula is C22H38O4Se. The number of rotatable bonds is 18. The molecule has 0 saturated heterocycles. The number of esters is 1. The fourth-order valence-corrected chi connectivity index (χ4v) is 3.68. The van der Waals surface area contributed by atoms with E-state index >= 15 is 0 Å². The summed E-state index contributed by atoms with van der Waals surface area (Å²) < 4.78 is 5.03. The Kier molecular flexibility index (Phi) is 18.9. The average Bonchev–Trinajstić information content (AvgIpc) is 2.64. The van der Waals surface area contributed by atoms with Gasteiger partial charge in [0.05, 0.1) is 0 Å². The minimum atomic E-state index is -1.04. The monoisotopic (exact) mass is 446 g/mol. The Morgan fingerprint density at radius 1 is 0.926 bits per heavy atom. The van der Waals surface area contributed by atoms with Crippen molar-refractivity contribution < 1.29 is 19.4 Å². The van der Waals surface area contributed by atoms with Gasteiger partial charge >= 0.3 is 115 Å². The van der Waals surface area contributed by atoms with Crippen molar-refractivity contribution in [1.82, 2.24) is 0 Å². The number of aliphatic carboxylic acids is 1. The van der Waals surface area contributed by atoms with E-state index in [0.717, 1.165) is 32.1 Å². The molecule has 0 fully saturated rings. The summed E-state index contributed by atoms with van der Waals surface area (Å²) in [5.74, 6) is 0.529. The average molecular weight is 446 g/mol. The molecule has 0 saturated carbocycles. The van der Waals surface area contributed by atoms with Crippen LogP contribution in [-0.2, 0) is 14.3 Å². The van der Waals surface area contributed by atoms with Crippen molar-refractivity contribution in [2.45, 2.75) is 101 Å². The van der Waals surface area contributed by atoms with Gasteiger partial charge in [0.25, 0.3) is 0 Å². The van der Waals surface area contributed by atoms with Gasteiger partial charge in [0.15, 0.2) is 0 Å². The van der Waals surface area contributed by atoms with E-state index in [1.54, 1.807) is 0 Å². The second kappa shape index (κ2) is 19.7. The maximum atomic E-state index is 11.7. The van der Waals surface area contributed by atoms with Crippen molar-refractivity contribution in [3.05, 3.63) is 24.3 Å². The van der Waals surface area contributed by atoms with Gasteiger partial charge in [0.2, 0.25) is 0 Å². The predicted octanol–water partition coefficient (Wildman–Crippen LogP) is 5.97. The molecule has 0 amide bonds. The van der Waals surface area contributed by atoms with E-state index in [-0.39, 0.29) is 20.9 Å². The summed E-state index contributed by atoms with van der Waals surface area (Å²) in [4.78, 5) is 22.6. The van der Waals surface area contributed by atoms with Gasteiger partial charge in [-0.25, -0.2) is 0 Å². The molecule has 0 aliphatic rings. The first-order valence-electron chi connectivity index (χ1n) is 10.3. The van der Waals surface area contributed by atoms with E-state index in [0.29, 0.717) is 11.7 Å². The third-order valence-corrected chi connectivity index (χ3v) is 5.53. The number of hydrogen-bond donors (Lipinski definition) is 1. The molecule has 1 unspecified atom stereocenters. The molecule has 0 radical (unpaired) electrons. The van der Waals surface area contributed by atoms with E-state index in [9.17, 15) is 9.59 Å². The third-order valence-electron chi connectivity index (χ3n) is 4.20. The Bertz CT molecular complexity index is 432. The first kappa shape index (κ1) is 25.9. The molecule has 4 nitrogen and oxygen atoms in total. The molecule has 0 aromatic rings. The normalized spacial score (nSPS) is 12.7. The standard InChI is InChI=1S/C22H38O4Se/c1-3-4-5-6-7-8-9-10-11-12-13-14-15-16-17-18-21(23)26-20(19-27-2)22(24)25/h7-8,10-11,20H,3-6,9,12-19H2,1-2H3,(H,24,25)/b8-7-,11-10-. The van der Waals surface area contributed by atoms with Crippen LogP contribution in [0.3, 0.4) is 0 Å². The molecule has 1 N–H and O–H groups in total. The zero-order chi connectivity index (χ0) is 20.2. The molecule has 0 rings (SSSR count). The number of carbonyl (C=O) groups excluding carboxylic acids is 1. The molecule has 0 aromatic heterocycles. The van der Waals surface area contributed by atoms with Gasteiger partial charge in [-0.1, -0.05) is 38.0 Å². The van der Waals surface area contributed by atoms with Crippen molar-refractivity contribution in [2.24, 2.45) is 0 Å². The Morgan fingerprint density at radius 3 is 2.11 bits per heavy atom. The van der Waals surface area contributed by atoms with Gasteiger partial charge in [-0.2, -0.15) is 0 Å². The quantitative estimate of drug-likeness (QED) is 0.122. The number of carboxylic acid groups (broad SMARTS) is 1. The van der Waals surface area contributed by atoms with Crippen LogP contribution in [0.4, 0.5) is 0 Å². The van der Waals surface area contributed by atoms with Crippen LogP contribution in [-0.4, -0.2) is 38.1 Å². The zero-order valence-electron chi connectivity index (χ0n) is 17.2. The third kappa shape index (κ3) is 18.1. The Labute approximate surface area is 172 Å². The summed E-state index contributed by atoms with van der Waals surface area (Å²) in [6, 6.07) is 0. The number of carboxylic acids is 1. The molecule has 0 heterocycles.